The number of hydrogen-bond acceptors (Lipinski definition) is 7. The van der Waals surface area contributed by atoms with Gasteiger partial charge in [-0.25, -0.2) is 0 Å². The number of amides is 2. The van der Waals surface area contributed by atoms with E-state index in [9.17, 15) is 19.2 Å². The molecule has 0 saturated carbocycles. The number of unbranched alkanes of at least 4 members (excludes halogenated alkanes) is 1. The topological polar surface area (TPSA) is 111 Å². The Balaban J connectivity index is 1.66. The van der Waals surface area contributed by atoms with Crippen LogP contribution in [0.3, 0.4) is 0 Å². The molecule has 9 heteroatoms. The molecule has 1 saturated heterocycles. The van der Waals surface area contributed by atoms with Crippen LogP contribution in [0, 0.1) is 5.92 Å². The summed E-state index contributed by atoms with van der Waals surface area (Å²) >= 11 is 0. The molecule has 0 atom stereocenters. The van der Waals surface area contributed by atoms with Crippen molar-refractivity contribution in [2.75, 3.05) is 40.0 Å². The number of ether oxygens (including phenoxy) is 3. The molecule has 31 heavy (non-hydrogen) atoms. The lowest BCUT2D eigenvalue weighted by Gasteiger charge is -2.30. The third-order valence-electron chi connectivity index (χ3n) is 5.02. The molecular formula is C22H30N2O7. The van der Waals surface area contributed by atoms with Crippen molar-refractivity contribution in [3.05, 3.63) is 29.8 Å². The van der Waals surface area contributed by atoms with Crippen LogP contribution >= 0.6 is 0 Å². The molecule has 1 aromatic carbocycles. The number of nitrogens with one attached hydrogen (secondary N) is 1. The molecule has 0 aliphatic carbocycles. The lowest BCUT2D eigenvalue weighted by Crippen LogP contribution is -2.42. The van der Waals surface area contributed by atoms with Gasteiger partial charge in [0, 0.05) is 18.7 Å². The van der Waals surface area contributed by atoms with E-state index in [4.69, 9.17) is 14.2 Å². The number of piperidine rings is 1. The number of benzene rings is 1. The number of carbonyl (C=O) groups is 4. The van der Waals surface area contributed by atoms with Crippen molar-refractivity contribution in [3.63, 3.8) is 0 Å². The van der Waals surface area contributed by atoms with Crippen molar-refractivity contribution in [2.24, 2.45) is 5.92 Å². The summed E-state index contributed by atoms with van der Waals surface area (Å²) in [5.41, 5.74) is 0.389. The number of likely N-dealkylation sites (tertiary alicyclic amines) is 1. The van der Waals surface area contributed by atoms with Gasteiger partial charge in [-0.2, -0.15) is 0 Å². The largest absolute Gasteiger partial charge is 0.494 e. The maximum atomic E-state index is 12.2. The highest BCUT2D eigenvalue weighted by atomic mass is 16.5. The number of hydrogen-bond donors (Lipinski definition) is 1. The molecular weight excluding hydrogens is 404 g/mol. The van der Waals surface area contributed by atoms with Crippen molar-refractivity contribution in [2.45, 2.75) is 32.6 Å². The summed E-state index contributed by atoms with van der Waals surface area (Å²) in [5, 5.41) is 2.47. The van der Waals surface area contributed by atoms with Crippen molar-refractivity contribution in [3.8, 4) is 5.75 Å². The van der Waals surface area contributed by atoms with Crippen molar-refractivity contribution < 1.29 is 33.4 Å². The van der Waals surface area contributed by atoms with Gasteiger partial charge in [0.05, 0.1) is 19.6 Å². The fourth-order valence-electron chi connectivity index (χ4n) is 3.11. The number of carbonyl (C=O) groups excluding carboxylic acids is 4. The van der Waals surface area contributed by atoms with Crippen LogP contribution in [0.2, 0.25) is 0 Å². The van der Waals surface area contributed by atoms with Crippen LogP contribution in [0.1, 0.15) is 43.0 Å². The summed E-state index contributed by atoms with van der Waals surface area (Å²) < 4.78 is 15.2. The predicted molar refractivity (Wildman–Crippen MR) is 111 cm³/mol. The van der Waals surface area contributed by atoms with Gasteiger partial charge < -0.3 is 24.4 Å². The first kappa shape index (κ1) is 24.2. The Hall–Kier alpha value is -3.10. The summed E-state index contributed by atoms with van der Waals surface area (Å²) in [6, 6.07) is 6.63. The fourth-order valence-corrected chi connectivity index (χ4v) is 3.11. The van der Waals surface area contributed by atoms with Gasteiger partial charge in [-0.05, 0) is 43.5 Å². The molecule has 1 N–H and O–H groups in total. The maximum Gasteiger partial charge on any atom is 0.325 e. The lowest BCUT2D eigenvalue weighted by molar-refractivity contribution is -0.153. The first-order valence-corrected chi connectivity index (χ1v) is 10.5. The average molecular weight is 434 g/mol. The molecule has 0 spiro atoms. The monoisotopic (exact) mass is 434 g/mol. The summed E-state index contributed by atoms with van der Waals surface area (Å²) in [7, 11) is 1.34. The zero-order chi connectivity index (χ0) is 22.6. The minimum Gasteiger partial charge on any atom is -0.494 e. The second-order valence-electron chi connectivity index (χ2n) is 7.25. The van der Waals surface area contributed by atoms with Crippen molar-refractivity contribution >= 4 is 23.8 Å². The van der Waals surface area contributed by atoms with Gasteiger partial charge in [-0.1, -0.05) is 13.3 Å². The Kier molecular flexibility index (Phi) is 9.80. The first-order chi connectivity index (χ1) is 14.9. The third kappa shape index (κ3) is 7.92. The van der Waals surface area contributed by atoms with Gasteiger partial charge in [0.2, 0.25) is 0 Å². The van der Waals surface area contributed by atoms with E-state index in [-0.39, 0.29) is 24.3 Å². The Bertz CT molecular complexity index is 756. The van der Waals surface area contributed by atoms with E-state index in [2.05, 4.69) is 12.2 Å². The van der Waals surface area contributed by atoms with Gasteiger partial charge in [0.15, 0.2) is 6.61 Å². The maximum absolute atomic E-state index is 12.2. The normalized spacial score (nSPS) is 13.9. The minimum atomic E-state index is -0.703. The molecule has 1 aromatic rings. The van der Waals surface area contributed by atoms with Gasteiger partial charge in [0.1, 0.15) is 12.3 Å². The number of methoxy groups -OCH3 is 1. The van der Waals surface area contributed by atoms with Crippen LogP contribution < -0.4 is 10.1 Å². The summed E-state index contributed by atoms with van der Waals surface area (Å²) in [4.78, 5) is 49.2. The van der Waals surface area contributed by atoms with Crippen LogP contribution in [0.4, 0.5) is 0 Å². The molecule has 9 nitrogen and oxygen atoms in total. The van der Waals surface area contributed by atoms with E-state index in [1.807, 2.05) is 0 Å². The number of esters is 2. The Morgan fingerprint density at radius 2 is 1.77 bits per heavy atom. The summed E-state index contributed by atoms with van der Waals surface area (Å²) in [6.07, 6.45) is 3.03. The van der Waals surface area contributed by atoms with E-state index in [0.717, 1.165) is 12.8 Å². The summed E-state index contributed by atoms with van der Waals surface area (Å²) in [6.45, 7) is 2.77. The van der Waals surface area contributed by atoms with Gasteiger partial charge in [-0.15, -0.1) is 0 Å². The highest BCUT2D eigenvalue weighted by Crippen LogP contribution is 2.18. The van der Waals surface area contributed by atoms with Crippen LogP contribution in [-0.4, -0.2) is 68.6 Å². The molecule has 2 rings (SSSR count). The zero-order valence-electron chi connectivity index (χ0n) is 18.1. The SMILES string of the molecule is CCCCOc1ccc(C(=O)NCC(=O)OCC(=O)N2CCC(C(=O)OC)CC2)cc1. The van der Waals surface area contributed by atoms with E-state index in [1.165, 1.54) is 7.11 Å². The van der Waals surface area contributed by atoms with Crippen LogP contribution in [0.5, 0.6) is 5.75 Å². The second-order valence-corrected chi connectivity index (χ2v) is 7.25. The minimum absolute atomic E-state index is 0.205. The highest BCUT2D eigenvalue weighted by Gasteiger charge is 2.28. The number of rotatable bonds is 10. The van der Waals surface area contributed by atoms with Crippen molar-refractivity contribution in [1.29, 1.82) is 0 Å². The predicted octanol–water partition coefficient (Wildman–Crippen LogP) is 1.55. The molecule has 0 radical (unpaired) electrons. The summed E-state index contributed by atoms with van der Waals surface area (Å²) in [5.74, 6) is -1.25. The Morgan fingerprint density at radius 3 is 2.39 bits per heavy atom. The quantitative estimate of drug-likeness (QED) is 0.439. The van der Waals surface area contributed by atoms with E-state index >= 15 is 0 Å². The van der Waals surface area contributed by atoms with Crippen LogP contribution in [-0.2, 0) is 23.9 Å². The Labute approximate surface area is 182 Å². The molecule has 1 heterocycles. The van der Waals surface area contributed by atoms with Crippen LogP contribution in [0.25, 0.3) is 0 Å². The molecule has 1 fully saturated rings. The molecule has 1 aliphatic heterocycles. The van der Waals surface area contributed by atoms with E-state index in [1.54, 1.807) is 29.2 Å². The molecule has 2 amide bonds. The lowest BCUT2D eigenvalue weighted by atomic mass is 9.97. The molecule has 0 bridgehead atoms. The highest BCUT2D eigenvalue weighted by molar-refractivity contribution is 5.96. The number of nitrogens with zero attached hydrogens (tertiary/aromatic N) is 1. The van der Waals surface area contributed by atoms with Gasteiger partial charge in [-0.3, -0.25) is 19.2 Å². The molecule has 0 unspecified atom stereocenters. The smallest absolute Gasteiger partial charge is 0.325 e. The fraction of sp³-hybridized carbons (Fsp3) is 0.545. The van der Waals surface area contributed by atoms with E-state index in [0.29, 0.717) is 43.9 Å². The second kappa shape index (κ2) is 12.6. The standard InChI is InChI=1S/C22H30N2O7/c1-3-4-13-30-18-7-5-16(6-8-18)21(27)23-14-20(26)31-15-19(25)24-11-9-17(10-12-24)22(28)29-2/h5-8,17H,3-4,9-15H2,1-2H3,(H,23,27). The average Bonchev–Trinajstić information content (AvgIpc) is 2.81. The van der Waals surface area contributed by atoms with Gasteiger partial charge >= 0.3 is 11.9 Å². The molecule has 0 aromatic heterocycles. The van der Waals surface area contributed by atoms with Crippen LogP contribution in [0.15, 0.2) is 24.3 Å². The van der Waals surface area contributed by atoms with Crippen molar-refractivity contribution in [1.82, 2.24) is 10.2 Å². The van der Waals surface area contributed by atoms with Gasteiger partial charge in [0.25, 0.3) is 11.8 Å². The van der Waals surface area contributed by atoms with E-state index < -0.39 is 18.5 Å². The first-order valence-electron chi connectivity index (χ1n) is 10.5. The zero-order valence-corrected chi connectivity index (χ0v) is 18.1. The molecule has 1 aliphatic rings. The molecule has 170 valence electrons. The third-order valence-corrected chi connectivity index (χ3v) is 5.02. The Morgan fingerprint density at radius 1 is 1.10 bits per heavy atom.